The minimum absolute atomic E-state index is 0.668. The normalized spacial score (nSPS) is 17.9. The minimum Gasteiger partial charge on any atom is -0.264 e. The van der Waals surface area contributed by atoms with Crippen LogP contribution in [0.15, 0.2) is 66.7 Å². The summed E-state index contributed by atoms with van der Waals surface area (Å²) in [5.41, 5.74) is 8.22. The van der Waals surface area contributed by atoms with Gasteiger partial charge in [0.2, 0.25) is 0 Å². The van der Waals surface area contributed by atoms with Gasteiger partial charge in [0.1, 0.15) is 0 Å². The number of nitrogens with zero attached hydrogens (tertiary/aromatic N) is 3. The first kappa shape index (κ1) is 24.0. The predicted octanol–water partition coefficient (Wildman–Crippen LogP) is 8.14. The van der Waals surface area contributed by atoms with Gasteiger partial charge < -0.3 is 0 Å². The van der Waals surface area contributed by atoms with Gasteiger partial charge in [-0.3, -0.25) is 4.68 Å². The lowest BCUT2D eigenvalue weighted by Gasteiger charge is -2.29. The molecule has 0 radical (unpaired) electrons. The van der Waals surface area contributed by atoms with Gasteiger partial charge in [-0.2, -0.15) is 10.4 Å². The fourth-order valence-electron chi connectivity index (χ4n) is 5.50. The lowest BCUT2D eigenvalue weighted by Crippen LogP contribution is -2.20. The van der Waals surface area contributed by atoms with Gasteiger partial charge in [-0.15, -0.1) is 0 Å². The standard InChI is InChI=1S/C31H37N3/c1-4-25-11-9-15-29(20-25)31-30(28-13-6-5-7-14-28)24(3)33-34(31)22-27-18-16-26(17-19-27)12-8-10-23(2)21-32/h5-7,9,11,13-15,20,26-27H,2,4,8,10,12,16-19,22H2,1,3H3. The number of rotatable bonds is 9. The van der Waals surface area contributed by atoms with E-state index in [2.05, 4.69) is 85.8 Å². The Balaban J connectivity index is 1.54. The van der Waals surface area contributed by atoms with Crippen LogP contribution in [0.3, 0.4) is 0 Å². The zero-order chi connectivity index (χ0) is 23.9. The zero-order valence-electron chi connectivity index (χ0n) is 20.8. The van der Waals surface area contributed by atoms with E-state index in [0.717, 1.165) is 43.0 Å². The van der Waals surface area contributed by atoms with E-state index in [1.165, 1.54) is 60.1 Å². The van der Waals surface area contributed by atoms with Crippen LogP contribution < -0.4 is 0 Å². The van der Waals surface area contributed by atoms with Crippen molar-refractivity contribution in [3.63, 3.8) is 0 Å². The molecular formula is C31H37N3. The van der Waals surface area contributed by atoms with Gasteiger partial charge >= 0.3 is 0 Å². The summed E-state index contributed by atoms with van der Waals surface area (Å²) >= 11 is 0. The van der Waals surface area contributed by atoms with Crippen molar-refractivity contribution in [2.75, 3.05) is 0 Å². The van der Waals surface area contributed by atoms with E-state index >= 15 is 0 Å². The molecule has 1 aliphatic rings. The molecule has 0 bridgehead atoms. The lowest BCUT2D eigenvalue weighted by atomic mass is 9.79. The molecule has 0 unspecified atom stereocenters. The van der Waals surface area contributed by atoms with Gasteiger partial charge in [-0.05, 0) is 68.1 Å². The molecule has 34 heavy (non-hydrogen) atoms. The highest BCUT2D eigenvalue weighted by Gasteiger charge is 2.25. The summed E-state index contributed by atoms with van der Waals surface area (Å²) < 4.78 is 2.30. The van der Waals surface area contributed by atoms with E-state index in [9.17, 15) is 0 Å². The molecule has 3 nitrogen and oxygen atoms in total. The highest BCUT2D eigenvalue weighted by atomic mass is 15.3. The maximum Gasteiger partial charge on any atom is 0.0940 e. The number of hydrogen-bond donors (Lipinski definition) is 0. The van der Waals surface area contributed by atoms with Crippen molar-refractivity contribution < 1.29 is 0 Å². The Morgan fingerprint density at radius 2 is 1.74 bits per heavy atom. The van der Waals surface area contributed by atoms with Crippen LogP contribution in [-0.2, 0) is 13.0 Å². The number of benzene rings is 2. The molecule has 3 heteroatoms. The molecule has 0 saturated heterocycles. The number of nitriles is 1. The second-order valence-electron chi connectivity index (χ2n) is 9.91. The number of allylic oxidation sites excluding steroid dienone is 1. The van der Waals surface area contributed by atoms with Crippen molar-refractivity contribution >= 4 is 0 Å². The molecule has 3 aromatic rings. The van der Waals surface area contributed by atoms with Crippen LogP contribution >= 0.6 is 0 Å². The third-order valence-corrected chi connectivity index (χ3v) is 7.45. The highest BCUT2D eigenvalue weighted by molar-refractivity contribution is 5.83. The van der Waals surface area contributed by atoms with Crippen LogP contribution in [0.1, 0.15) is 63.1 Å². The third-order valence-electron chi connectivity index (χ3n) is 7.45. The predicted molar refractivity (Wildman–Crippen MR) is 141 cm³/mol. The Bertz CT molecular complexity index is 1140. The van der Waals surface area contributed by atoms with E-state index in [4.69, 9.17) is 10.4 Å². The molecule has 0 spiro atoms. The van der Waals surface area contributed by atoms with Crippen molar-refractivity contribution in [1.29, 1.82) is 5.26 Å². The Hall–Kier alpha value is -3.12. The lowest BCUT2D eigenvalue weighted by molar-refractivity contribution is 0.235. The molecular weight excluding hydrogens is 414 g/mol. The molecule has 1 aromatic heterocycles. The van der Waals surface area contributed by atoms with Crippen molar-refractivity contribution in [2.45, 2.75) is 71.8 Å². The summed E-state index contributed by atoms with van der Waals surface area (Å²) in [5, 5.41) is 14.0. The second-order valence-corrected chi connectivity index (χ2v) is 9.91. The molecule has 0 N–H and O–H groups in total. The van der Waals surface area contributed by atoms with E-state index in [0.29, 0.717) is 5.92 Å². The zero-order valence-corrected chi connectivity index (χ0v) is 20.8. The summed E-state index contributed by atoms with van der Waals surface area (Å²) in [5.74, 6) is 1.46. The first-order valence-corrected chi connectivity index (χ1v) is 12.9. The largest absolute Gasteiger partial charge is 0.264 e. The Morgan fingerprint density at radius 1 is 1.03 bits per heavy atom. The van der Waals surface area contributed by atoms with Crippen LogP contribution in [-0.4, -0.2) is 9.78 Å². The fraction of sp³-hybridized carbons (Fsp3) is 0.419. The average molecular weight is 452 g/mol. The fourth-order valence-corrected chi connectivity index (χ4v) is 5.50. The first-order chi connectivity index (χ1) is 16.6. The molecule has 0 atom stereocenters. The molecule has 1 heterocycles. The van der Waals surface area contributed by atoms with E-state index < -0.39 is 0 Å². The number of aryl methyl sites for hydroxylation is 2. The molecule has 4 rings (SSSR count). The van der Waals surface area contributed by atoms with Gasteiger partial charge in [0.15, 0.2) is 0 Å². The number of aromatic nitrogens is 2. The maximum atomic E-state index is 8.92. The molecule has 176 valence electrons. The molecule has 1 saturated carbocycles. The van der Waals surface area contributed by atoms with Crippen LogP contribution in [0.25, 0.3) is 22.4 Å². The van der Waals surface area contributed by atoms with Crippen molar-refractivity contribution in [1.82, 2.24) is 9.78 Å². The van der Waals surface area contributed by atoms with Crippen LogP contribution in [0.4, 0.5) is 0 Å². The van der Waals surface area contributed by atoms with Crippen molar-refractivity contribution in [2.24, 2.45) is 11.8 Å². The summed E-state index contributed by atoms with van der Waals surface area (Å²) in [6.07, 6.45) is 9.31. The van der Waals surface area contributed by atoms with Crippen molar-refractivity contribution in [3.05, 3.63) is 78.0 Å². The summed E-state index contributed by atoms with van der Waals surface area (Å²) in [4.78, 5) is 0. The summed E-state index contributed by atoms with van der Waals surface area (Å²) in [7, 11) is 0. The molecule has 1 fully saturated rings. The minimum atomic E-state index is 0.668. The topological polar surface area (TPSA) is 41.6 Å². The first-order valence-electron chi connectivity index (χ1n) is 12.9. The van der Waals surface area contributed by atoms with Gasteiger partial charge in [-0.1, -0.05) is 81.3 Å². The second kappa shape index (κ2) is 11.3. The Kier molecular flexibility index (Phi) is 8.01. The molecule has 2 aromatic carbocycles. The molecule has 1 aliphatic carbocycles. The average Bonchev–Trinajstić information content (AvgIpc) is 3.20. The van der Waals surface area contributed by atoms with Crippen LogP contribution in [0.5, 0.6) is 0 Å². The SMILES string of the molecule is C=C(C#N)CCCC1CCC(Cn2nc(C)c(-c3ccccc3)c2-c2cccc(CC)c2)CC1. The van der Waals surface area contributed by atoms with Gasteiger partial charge in [0.05, 0.1) is 17.5 Å². The smallest absolute Gasteiger partial charge is 0.0940 e. The number of hydrogen-bond acceptors (Lipinski definition) is 2. The third kappa shape index (κ3) is 5.68. The summed E-state index contributed by atoms with van der Waals surface area (Å²) in [6, 6.07) is 21.9. The van der Waals surface area contributed by atoms with Gasteiger partial charge in [0, 0.05) is 23.2 Å². The quantitative estimate of drug-likeness (QED) is 0.308. The highest BCUT2D eigenvalue weighted by Crippen LogP contribution is 2.38. The molecule has 0 amide bonds. The van der Waals surface area contributed by atoms with E-state index in [1.807, 2.05) is 0 Å². The maximum absolute atomic E-state index is 8.92. The summed E-state index contributed by atoms with van der Waals surface area (Å²) in [6.45, 7) is 9.17. The van der Waals surface area contributed by atoms with Crippen LogP contribution in [0, 0.1) is 30.1 Å². The monoisotopic (exact) mass is 451 g/mol. The van der Waals surface area contributed by atoms with E-state index in [-0.39, 0.29) is 0 Å². The van der Waals surface area contributed by atoms with Gasteiger partial charge in [0.25, 0.3) is 0 Å². The van der Waals surface area contributed by atoms with Crippen molar-refractivity contribution in [3.8, 4) is 28.5 Å². The van der Waals surface area contributed by atoms with Crippen LogP contribution in [0.2, 0.25) is 0 Å². The van der Waals surface area contributed by atoms with Gasteiger partial charge in [-0.25, -0.2) is 0 Å². The Labute approximate surface area is 205 Å². The molecule has 0 aliphatic heterocycles. The van der Waals surface area contributed by atoms with E-state index in [1.54, 1.807) is 0 Å². The Morgan fingerprint density at radius 3 is 2.44 bits per heavy atom.